The van der Waals surface area contributed by atoms with Crippen LogP contribution in [0.3, 0.4) is 0 Å². The second kappa shape index (κ2) is 2.46. The van der Waals surface area contributed by atoms with Gasteiger partial charge in [0.2, 0.25) is 0 Å². The first kappa shape index (κ1) is 7.56. The molecule has 11 heavy (non-hydrogen) atoms. The van der Waals surface area contributed by atoms with Gasteiger partial charge in [0, 0.05) is 0 Å². The Kier molecular flexibility index (Phi) is 1.69. The molecule has 2 heteroatoms. The maximum absolute atomic E-state index is 9.66. The summed E-state index contributed by atoms with van der Waals surface area (Å²) in [6.45, 7) is 2.02. The monoisotopic (exact) mass is 156 g/mol. The van der Waals surface area contributed by atoms with Gasteiger partial charge in [-0.05, 0) is 19.3 Å². The van der Waals surface area contributed by atoms with Crippen LogP contribution >= 0.6 is 0 Å². The molecular weight excluding hydrogens is 140 g/mol. The van der Waals surface area contributed by atoms with Crippen LogP contribution < -0.4 is 0 Å². The number of hydrogen-bond donors (Lipinski definition) is 1. The van der Waals surface area contributed by atoms with Crippen molar-refractivity contribution >= 4 is 0 Å². The van der Waals surface area contributed by atoms with Crippen LogP contribution in [-0.2, 0) is 4.74 Å². The number of fused-ring (bicyclic) bond motifs is 1. The van der Waals surface area contributed by atoms with Gasteiger partial charge in [-0.15, -0.1) is 0 Å². The van der Waals surface area contributed by atoms with Crippen molar-refractivity contribution in [3.05, 3.63) is 0 Å². The summed E-state index contributed by atoms with van der Waals surface area (Å²) in [5, 5.41) is 9.66. The molecule has 0 aromatic heterocycles. The van der Waals surface area contributed by atoms with Crippen LogP contribution in [0.5, 0.6) is 0 Å². The minimum atomic E-state index is -0.215. The highest BCUT2D eigenvalue weighted by molar-refractivity contribution is 5.09. The maximum atomic E-state index is 9.66. The van der Waals surface area contributed by atoms with E-state index in [-0.39, 0.29) is 11.7 Å². The van der Waals surface area contributed by atoms with E-state index in [1.807, 2.05) is 6.92 Å². The molecule has 3 atom stereocenters. The van der Waals surface area contributed by atoms with Gasteiger partial charge in [0.15, 0.2) is 0 Å². The highest BCUT2D eigenvalue weighted by Gasteiger charge is 2.60. The van der Waals surface area contributed by atoms with Crippen molar-refractivity contribution in [3.8, 4) is 0 Å². The second-order valence-electron chi connectivity index (χ2n) is 3.73. The standard InChI is InChI=1S/C9H16O2/c1-2-7(10)9-6-4-3-5-8(9)11-9/h7-8,10H,2-6H2,1H3. The summed E-state index contributed by atoms with van der Waals surface area (Å²) in [7, 11) is 0. The Hall–Kier alpha value is -0.0800. The summed E-state index contributed by atoms with van der Waals surface area (Å²) >= 11 is 0. The molecule has 1 saturated carbocycles. The van der Waals surface area contributed by atoms with Crippen LogP contribution in [0, 0.1) is 0 Å². The first-order chi connectivity index (χ1) is 5.29. The van der Waals surface area contributed by atoms with E-state index in [4.69, 9.17) is 4.74 Å². The summed E-state index contributed by atoms with van der Waals surface area (Å²) < 4.78 is 5.57. The number of epoxide rings is 1. The first-order valence-electron chi connectivity index (χ1n) is 4.65. The fourth-order valence-electron chi connectivity index (χ4n) is 2.29. The number of aliphatic hydroxyl groups is 1. The zero-order valence-electron chi connectivity index (χ0n) is 7.05. The van der Waals surface area contributed by atoms with Crippen molar-refractivity contribution in [1.82, 2.24) is 0 Å². The Balaban J connectivity index is 2.01. The Morgan fingerprint density at radius 1 is 1.64 bits per heavy atom. The third-order valence-electron chi connectivity index (χ3n) is 3.08. The van der Waals surface area contributed by atoms with E-state index in [0.29, 0.717) is 6.10 Å². The van der Waals surface area contributed by atoms with E-state index in [9.17, 15) is 5.11 Å². The van der Waals surface area contributed by atoms with E-state index < -0.39 is 0 Å². The van der Waals surface area contributed by atoms with E-state index in [1.54, 1.807) is 0 Å². The summed E-state index contributed by atoms with van der Waals surface area (Å²) in [6.07, 6.45) is 5.76. The van der Waals surface area contributed by atoms with Gasteiger partial charge in [0.05, 0.1) is 12.2 Å². The summed E-state index contributed by atoms with van der Waals surface area (Å²) in [6, 6.07) is 0. The molecule has 1 saturated heterocycles. The molecule has 0 radical (unpaired) electrons. The van der Waals surface area contributed by atoms with E-state index >= 15 is 0 Å². The van der Waals surface area contributed by atoms with Crippen LogP contribution in [-0.4, -0.2) is 22.9 Å². The largest absolute Gasteiger partial charge is 0.390 e. The highest BCUT2D eigenvalue weighted by atomic mass is 16.6. The van der Waals surface area contributed by atoms with Crippen LogP contribution in [0.2, 0.25) is 0 Å². The molecular formula is C9H16O2. The molecule has 0 bridgehead atoms. The molecule has 0 aromatic rings. The molecule has 0 aromatic carbocycles. The third-order valence-corrected chi connectivity index (χ3v) is 3.08. The summed E-state index contributed by atoms with van der Waals surface area (Å²) in [5.74, 6) is 0. The molecule has 2 fully saturated rings. The average molecular weight is 156 g/mol. The first-order valence-corrected chi connectivity index (χ1v) is 4.65. The van der Waals surface area contributed by atoms with Crippen molar-refractivity contribution in [2.75, 3.05) is 0 Å². The fourth-order valence-corrected chi connectivity index (χ4v) is 2.29. The van der Waals surface area contributed by atoms with Crippen LogP contribution in [0.15, 0.2) is 0 Å². The molecule has 1 aliphatic heterocycles. The second-order valence-corrected chi connectivity index (χ2v) is 3.73. The van der Waals surface area contributed by atoms with Gasteiger partial charge in [-0.25, -0.2) is 0 Å². The molecule has 0 spiro atoms. The molecule has 64 valence electrons. The summed E-state index contributed by atoms with van der Waals surface area (Å²) in [5.41, 5.74) is -0.0903. The van der Waals surface area contributed by atoms with E-state index in [1.165, 1.54) is 12.8 Å². The smallest absolute Gasteiger partial charge is 0.120 e. The minimum absolute atomic E-state index is 0.0903. The van der Waals surface area contributed by atoms with Gasteiger partial charge in [-0.1, -0.05) is 19.8 Å². The molecule has 0 amide bonds. The van der Waals surface area contributed by atoms with Crippen molar-refractivity contribution in [3.63, 3.8) is 0 Å². The number of hydrogen-bond acceptors (Lipinski definition) is 2. The predicted octanol–water partition coefficient (Wildman–Crippen LogP) is 1.47. The molecule has 1 N–H and O–H groups in total. The maximum Gasteiger partial charge on any atom is 0.120 e. The molecule has 1 aliphatic carbocycles. The predicted molar refractivity (Wildman–Crippen MR) is 42.4 cm³/mol. The highest BCUT2D eigenvalue weighted by Crippen LogP contribution is 2.50. The zero-order chi connectivity index (χ0) is 7.90. The quantitative estimate of drug-likeness (QED) is 0.614. The van der Waals surface area contributed by atoms with Crippen LogP contribution in [0.25, 0.3) is 0 Å². The van der Waals surface area contributed by atoms with Gasteiger partial charge >= 0.3 is 0 Å². The molecule has 1 heterocycles. The Labute approximate surface area is 67.6 Å². The Morgan fingerprint density at radius 3 is 3.09 bits per heavy atom. The normalized spacial score (nSPS) is 44.7. The van der Waals surface area contributed by atoms with Gasteiger partial charge in [0.1, 0.15) is 5.60 Å². The van der Waals surface area contributed by atoms with Crippen molar-refractivity contribution in [1.29, 1.82) is 0 Å². The molecule has 3 unspecified atom stereocenters. The lowest BCUT2D eigenvalue weighted by molar-refractivity contribution is 0.0644. The molecule has 2 nitrogen and oxygen atoms in total. The number of rotatable bonds is 2. The van der Waals surface area contributed by atoms with Crippen LogP contribution in [0.1, 0.15) is 39.0 Å². The number of ether oxygens (including phenoxy) is 1. The van der Waals surface area contributed by atoms with Gasteiger partial charge < -0.3 is 9.84 Å². The topological polar surface area (TPSA) is 32.8 Å². The van der Waals surface area contributed by atoms with Crippen molar-refractivity contribution in [2.24, 2.45) is 0 Å². The lowest BCUT2D eigenvalue weighted by Gasteiger charge is -2.21. The SMILES string of the molecule is CCC(O)C12CCCCC1O2. The van der Waals surface area contributed by atoms with E-state index in [0.717, 1.165) is 19.3 Å². The summed E-state index contributed by atoms with van der Waals surface area (Å²) in [4.78, 5) is 0. The lowest BCUT2D eigenvalue weighted by atomic mass is 9.84. The average Bonchev–Trinajstić information content (AvgIpc) is 2.78. The zero-order valence-corrected chi connectivity index (χ0v) is 7.05. The van der Waals surface area contributed by atoms with Crippen molar-refractivity contribution < 1.29 is 9.84 Å². The third kappa shape index (κ3) is 1.00. The Bertz CT molecular complexity index is 158. The van der Waals surface area contributed by atoms with Gasteiger partial charge in [-0.3, -0.25) is 0 Å². The fraction of sp³-hybridized carbons (Fsp3) is 1.00. The lowest BCUT2D eigenvalue weighted by Crippen LogP contribution is -2.33. The van der Waals surface area contributed by atoms with Gasteiger partial charge in [0.25, 0.3) is 0 Å². The van der Waals surface area contributed by atoms with E-state index in [2.05, 4.69) is 0 Å². The molecule has 2 aliphatic rings. The Morgan fingerprint density at radius 2 is 2.45 bits per heavy atom. The number of aliphatic hydroxyl groups excluding tert-OH is 1. The minimum Gasteiger partial charge on any atom is -0.390 e. The molecule has 2 rings (SSSR count). The van der Waals surface area contributed by atoms with Crippen LogP contribution in [0.4, 0.5) is 0 Å². The van der Waals surface area contributed by atoms with Gasteiger partial charge in [-0.2, -0.15) is 0 Å². The van der Waals surface area contributed by atoms with Crippen molar-refractivity contribution in [2.45, 2.75) is 56.8 Å².